The molecule has 1 aromatic rings. The molecule has 4 N–H and O–H groups in total. The SMILES string of the molecule is C=Cc1cccc(C(C(=O)NC(C)C)N(CCCCCCC)C(=O)C(CCC(N)=O)NC(=O)OC(C)(C)C)c1. The lowest BCUT2D eigenvalue weighted by molar-refractivity contribution is -0.143. The van der Waals surface area contributed by atoms with Crippen molar-refractivity contribution < 1.29 is 23.9 Å². The van der Waals surface area contributed by atoms with Gasteiger partial charge in [0, 0.05) is 19.0 Å². The lowest BCUT2D eigenvalue weighted by Crippen LogP contribution is -2.54. The topological polar surface area (TPSA) is 131 Å². The van der Waals surface area contributed by atoms with Crippen LogP contribution in [0.5, 0.6) is 0 Å². The number of alkyl carbamates (subject to hydrolysis) is 1. The molecule has 2 unspecified atom stereocenters. The number of nitrogens with two attached hydrogens (primary N) is 1. The Balaban J connectivity index is 3.52. The lowest BCUT2D eigenvalue weighted by Gasteiger charge is -2.35. The number of unbranched alkanes of at least 4 members (excludes halogenated alkanes) is 4. The number of nitrogens with zero attached hydrogens (tertiary/aromatic N) is 1. The minimum absolute atomic E-state index is 0.0229. The molecule has 9 nitrogen and oxygen atoms in total. The molecule has 0 heterocycles. The van der Waals surface area contributed by atoms with Gasteiger partial charge in [0.15, 0.2) is 0 Å². The highest BCUT2D eigenvalue weighted by atomic mass is 16.6. The second kappa shape index (κ2) is 16.6. The van der Waals surface area contributed by atoms with Gasteiger partial charge in [-0.15, -0.1) is 0 Å². The molecule has 1 aromatic carbocycles. The Hall–Kier alpha value is -3.36. The van der Waals surface area contributed by atoms with Crippen LogP contribution in [0.4, 0.5) is 4.79 Å². The Morgan fingerprint density at radius 2 is 1.74 bits per heavy atom. The predicted molar refractivity (Wildman–Crippen MR) is 155 cm³/mol. The number of benzene rings is 1. The van der Waals surface area contributed by atoms with Gasteiger partial charge >= 0.3 is 6.09 Å². The van der Waals surface area contributed by atoms with Gasteiger partial charge in [-0.1, -0.05) is 63.5 Å². The van der Waals surface area contributed by atoms with Crippen LogP contribution in [0.3, 0.4) is 0 Å². The van der Waals surface area contributed by atoms with Crippen LogP contribution in [0.2, 0.25) is 0 Å². The lowest BCUT2D eigenvalue weighted by atomic mass is 9.98. The number of amides is 4. The van der Waals surface area contributed by atoms with Crippen molar-refractivity contribution >= 4 is 29.9 Å². The zero-order valence-corrected chi connectivity index (χ0v) is 24.5. The number of carbonyl (C=O) groups excluding carboxylic acids is 4. The third kappa shape index (κ3) is 12.8. The first-order valence-electron chi connectivity index (χ1n) is 13.9. The van der Waals surface area contributed by atoms with Crippen LogP contribution in [0.15, 0.2) is 30.8 Å². The number of hydrogen-bond donors (Lipinski definition) is 3. The fraction of sp³-hybridized carbons (Fsp3) is 0.600. The molecule has 0 spiro atoms. The molecule has 0 aromatic heterocycles. The van der Waals surface area contributed by atoms with Crippen LogP contribution in [0.25, 0.3) is 6.08 Å². The summed E-state index contributed by atoms with van der Waals surface area (Å²) < 4.78 is 5.38. The summed E-state index contributed by atoms with van der Waals surface area (Å²) in [5.41, 5.74) is 6.03. The fourth-order valence-corrected chi connectivity index (χ4v) is 4.14. The number of primary amides is 1. The van der Waals surface area contributed by atoms with Crippen molar-refractivity contribution in [2.24, 2.45) is 5.73 Å². The molecule has 0 saturated carbocycles. The van der Waals surface area contributed by atoms with E-state index in [4.69, 9.17) is 10.5 Å². The van der Waals surface area contributed by atoms with E-state index in [0.717, 1.165) is 31.2 Å². The van der Waals surface area contributed by atoms with E-state index in [-0.39, 0.29) is 24.8 Å². The number of hydrogen-bond acceptors (Lipinski definition) is 5. The molecule has 2 atom stereocenters. The molecule has 0 fully saturated rings. The summed E-state index contributed by atoms with van der Waals surface area (Å²) in [6.45, 7) is 15.1. The van der Waals surface area contributed by atoms with Crippen LogP contribution in [-0.2, 0) is 19.1 Å². The second-order valence-corrected chi connectivity index (χ2v) is 11.1. The van der Waals surface area contributed by atoms with Crippen LogP contribution >= 0.6 is 0 Å². The highest BCUT2D eigenvalue weighted by Gasteiger charge is 2.36. The van der Waals surface area contributed by atoms with Crippen molar-refractivity contribution in [1.29, 1.82) is 0 Å². The number of carbonyl (C=O) groups is 4. The Kier molecular flexibility index (Phi) is 14.3. The molecule has 218 valence electrons. The smallest absolute Gasteiger partial charge is 0.408 e. The van der Waals surface area contributed by atoms with Crippen molar-refractivity contribution in [2.45, 2.75) is 110 Å². The Bertz CT molecular complexity index is 970. The first-order chi connectivity index (χ1) is 18.3. The highest BCUT2D eigenvalue weighted by molar-refractivity contribution is 5.92. The average molecular weight is 545 g/mol. The summed E-state index contributed by atoms with van der Waals surface area (Å²) in [5.74, 6) is -1.41. The van der Waals surface area contributed by atoms with Crippen LogP contribution in [-0.4, -0.2) is 52.9 Å². The normalized spacial score (nSPS) is 12.8. The first-order valence-corrected chi connectivity index (χ1v) is 13.9. The van der Waals surface area contributed by atoms with Crippen LogP contribution in [0, 0.1) is 0 Å². The quantitative estimate of drug-likeness (QED) is 0.256. The van der Waals surface area contributed by atoms with Gasteiger partial charge in [0.05, 0.1) is 0 Å². The van der Waals surface area contributed by atoms with Gasteiger partial charge in [0.2, 0.25) is 17.7 Å². The molecule has 0 radical (unpaired) electrons. The molecule has 0 bridgehead atoms. The Morgan fingerprint density at radius 1 is 1.08 bits per heavy atom. The number of nitrogens with one attached hydrogen (secondary N) is 2. The maximum Gasteiger partial charge on any atom is 0.408 e. The standard InChI is InChI=1S/C30H48N4O5/c1-8-10-11-12-13-19-34(26(27(36)32-21(3)4)23-16-14-15-22(9-2)20-23)28(37)24(17-18-25(31)35)33-29(38)39-30(5,6)7/h9,14-16,20-21,24,26H,2,8,10-13,17-19H2,1,3-7H3,(H2,31,35)(H,32,36)(H,33,38). The van der Waals surface area contributed by atoms with E-state index < -0.39 is 35.6 Å². The van der Waals surface area contributed by atoms with Crippen LogP contribution < -0.4 is 16.4 Å². The van der Waals surface area contributed by atoms with Gasteiger partial charge in [-0.3, -0.25) is 14.4 Å². The molecule has 0 aliphatic carbocycles. The maximum atomic E-state index is 14.1. The molecule has 0 aliphatic heterocycles. The molecular formula is C30H48N4O5. The molecule has 1 rings (SSSR count). The predicted octanol–water partition coefficient (Wildman–Crippen LogP) is 4.85. The zero-order chi connectivity index (χ0) is 29.6. The highest BCUT2D eigenvalue weighted by Crippen LogP contribution is 2.26. The molecular weight excluding hydrogens is 496 g/mol. The minimum Gasteiger partial charge on any atom is -0.444 e. The molecule has 0 aliphatic rings. The summed E-state index contributed by atoms with van der Waals surface area (Å²) in [7, 11) is 0. The Morgan fingerprint density at radius 3 is 2.31 bits per heavy atom. The summed E-state index contributed by atoms with van der Waals surface area (Å²) in [5, 5.41) is 5.56. The van der Waals surface area contributed by atoms with E-state index in [2.05, 4.69) is 24.1 Å². The van der Waals surface area contributed by atoms with Crippen molar-refractivity contribution in [3.63, 3.8) is 0 Å². The molecule has 9 heteroatoms. The summed E-state index contributed by atoms with van der Waals surface area (Å²) in [6.07, 6.45) is 5.47. The third-order valence-electron chi connectivity index (χ3n) is 5.91. The van der Waals surface area contributed by atoms with Gasteiger partial charge in [-0.2, -0.15) is 0 Å². The molecule has 39 heavy (non-hydrogen) atoms. The number of ether oxygens (including phenoxy) is 1. The number of rotatable bonds is 16. The van der Waals surface area contributed by atoms with Gasteiger partial charge in [-0.05, 0) is 64.7 Å². The van der Waals surface area contributed by atoms with E-state index in [1.807, 2.05) is 32.0 Å². The van der Waals surface area contributed by atoms with Crippen molar-refractivity contribution in [1.82, 2.24) is 15.5 Å². The zero-order valence-electron chi connectivity index (χ0n) is 24.5. The van der Waals surface area contributed by atoms with Crippen molar-refractivity contribution in [2.75, 3.05) is 6.54 Å². The third-order valence-corrected chi connectivity index (χ3v) is 5.91. The monoisotopic (exact) mass is 544 g/mol. The van der Waals surface area contributed by atoms with Crippen LogP contribution in [0.1, 0.15) is 104 Å². The molecule has 0 saturated heterocycles. The van der Waals surface area contributed by atoms with Gasteiger partial charge < -0.3 is 26.0 Å². The average Bonchev–Trinajstić information content (AvgIpc) is 2.83. The minimum atomic E-state index is -1.11. The first kappa shape index (κ1) is 33.7. The maximum absolute atomic E-state index is 14.1. The summed E-state index contributed by atoms with van der Waals surface area (Å²) in [6, 6.07) is 5.08. The van der Waals surface area contributed by atoms with Crippen molar-refractivity contribution in [3.05, 3.63) is 42.0 Å². The van der Waals surface area contributed by atoms with Crippen molar-refractivity contribution in [3.8, 4) is 0 Å². The van der Waals surface area contributed by atoms with E-state index in [0.29, 0.717) is 18.5 Å². The molecule has 4 amide bonds. The fourth-order valence-electron chi connectivity index (χ4n) is 4.14. The van der Waals surface area contributed by atoms with Gasteiger partial charge in [0.25, 0.3) is 0 Å². The Labute approximate surface area is 233 Å². The van der Waals surface area contributed by atoms with E-state index in [9.17, 15) is 19.2 Å². The van der Waals surface area contributed by atoms with E-state index in [1.165, 1.54) is 4.90 Å². The van der Waals surface area contributed by atoms with E-state index in [1.54, 1.807) is 32.9 Å². The largest absolute Gasteiger partial charge is 0.444 e. The van der Waals surface area contributed by atoms with Gasteiger partial charge in [0.1, 0.15) is 17.7 Å². The summed E-state index contributed by atoms with van der Waals surface area (Å²) >= 11 is 0. The van der Waals surface area contributed by atoms with Gasteiger partial charge in [-0.25, -0.2) is 4.79 Å². The van der Waals surface area contributed by atoms with E-state index >= 15 is 0 Å². The summed E-state index contributed by atoms with van der Waals surface area (Å²) in [4.78, 5) is 53.5. The second-order valence-electron chi connectivity index (χ2n) is 11.1.